The van der Waals surface area contributed by atoms with Gasteiger partial charge in [-0.2, -0.15) is 8.42 Å². The van der Waals surface area contributed by atoms with Crippen LogP contribution in [0.25, 0.3) is 11.3 Å². The maximum absolute atomic E-state index is 13.2. The first-order valence-electron chi connectivity index (χ1n) is 10.3. The second-order valence-electron chi connectivity index (χ2n) is 7.76. The smallest absolute Gasteiger partial charge is 0.340 e. The van der Waals surface area contributed by atoms with Gasteiger partial charge in [-0.3, -0.25) is 0 Å². The molecule has 0 spiro atoms. The zero-order valence-corrected chi connectivity index (χ0v) is 21.2. The molecule has 7 nitrogen and oxygen atoms in total. The quantitative estimate of drug-likeness (QED) is 0.407. The van der Waals surface area contributed by atoms with Crippen LogP contribution in [-0.2, 0) is 14.3 Å². The molecule has 5 rings (SSSR count). The Morgan fingerprint density at radius 3 is 1.88 bits per heavy atom. The minimum atomic E-state index is -4.12. The van der Waals surface area contributed by atoms with E-state index >= 15 is 0 Å². The molecule has 3 aromatic carbocycles. The van der Waals surface area contributed by atoms with Crippen LogP contribution >= 0.6 is 15.9 Å². The average molecular weight is 545 g/mol. The molecule has 0 bridgehead atoms. The molecule has 3 aromatic rings. The number of allylic oxidation sites excluding steroid dienone is 1. The van der Waals surface area contributed by atoms with Crippen molar-refractivity contribution in [1.29, 1.82) is 0 Å². The number of hydrogen-bond donors (Lipinski definition) is 0. The molecule has 0 N–H and O–H groups in total. The van der Waals surface area contributed by atoms with E-state index in [0.29, 0.717) is 34.1 Å². The van der Waals surface area contributed by atoms with Gasteiger partial charge in [-0.25, -0.2) is 0 Å². The summed E-state index contributed by atoms with van der Waals surface area (Å²) in [6, 6.07) is 14.6. The molecule has 176 valence electrons. The van der Waals surface area contributed by atoms with E-state index in [1.165, 1.54) is 27.4 Å². The highest BCUT2D eigenvalue weighted by Gasteiger charge is 2.44. The van der Waals surface area contributed by atoms with Gasteiger partial charge in [0.25, 0.3) is 0 Å². The third-order valence-corrected chi connectivity index (χ3v) is 7.88. The molecule has 1 atom stereocenters. The zero-order valence-electron chi connectivity index (χ0n) is 18.8. The SMILES string of the molecule is COc1cc2c(cc1OC)C(c1ccc(Br)cc1)C1=C2OS(=O)(=O)c2cc(OC)c(OC)cc21. The summed E-state index contributed by atoms with van der Waals surface area (Å²) in [6.45, 7) is 0. The van der Waals surface area contributed by atoms with Crippen LogP contribution in [0.5, 0.6) is 23.0 Å². The van der Waals surface area contributed by atoms with E-state index in [2.05, 4.69) is 15.9 Å². The summed E-state index contributed by atoms with van der Waals surface area (Å²) >= 11 is 3.49. The topological polar surface area (TPSA) is 80.3 Å². The molecule has 0 aromatic heterocycles. The van der Waals surface area contributed by atoms with E-state index in [1.807, 2.05) is 30.3 Å². The van der Waals surface area contributed by atoms with Crippen molar-refractivity contribution in [2.24, 2.45) is 0 Å². The van der Waals surface area contributed by atoms with Crippen molar-refractivity contribution in [2.45, 2.75) is 10.8 Å². The number of halogens is 1. The normalized spacial score (nSPS) is 17.3. The monoisotopic (exact) mass is 544 g/mol. The molecular formula is C25H21BrO7S. The second-order valence-corrected chi connectivity index (χ2v) is 10.2. The first-order chi connectivity index (χ1) is 16.3. The van der Waals surface area contributed by atoms with E-state index in [1.54, 1.807) is 19.2 Å². The fourth-order valence-electron chi connectivity index (χ4n) is 4.56. The van der Waals surface area contributed by atoms with Crippen LogP contribution < -0.4 is 18.9 Å². The Morgan fingerprint density at radius 2 is 1.29 bits per heavy atom. The molecule has 1 unspecified atom stereocenters. The van der Waals surface area contributed by atoms with Gasteiger partial charge in [0, 0.05) is 33.2 Å². The zero-order chi connectivity index (χ0) is 24.2. The Morgan fingerprint density at radius 1 is 0.765 bits per heavy atom. The molecule has 0 amide bonds. The standard InChI is InChI=1S/C25H21BrO7S/c1-29-18-9-15-16(10-19(18)30-2)25-24(23(15)13-5-7-14(26)8-6-13)17-11-20(31-3)21(32-4)12-22(17)34(27,28)33-25/h5-12,23H,1-4H3. The number of ether oxygens (including phenoxy) is 4. The molecule has 0 fully saturated rings. The lowest BCUT2D eigenvalue weighted by atomic mass is 9.85. The minimum absolute atomic E-state index is 0.0257. The van der Waals surface area contributed by atoms with Crippen LogP contribution in [0.1, 0.15) is 28.2 Å². The predicted octanol–water partition coefficient (Wildman–Crippen LogP) is 5.22. The molecule has 0 radical (unpaired) electrons. The van der Waals surface area contributed by atoms with E-state index < -0.39 is 10.1 Å². The van der Waals surface area contributed by atoms with Crippen LogP contribution in [-0.4, -0.2) is 36.9 Å². The summed E-state index contributed by atoms with van der Waals surface area (Å²) in [5.74, 6) is 1.69. The number of fused-ring (bicyclic) bond motifs is 4. The van der Waals surface area contributed by atoms with Gasteiger partial charge < -0.3 is 23.1 Å². The van der Waals surface area contributed by atoms with E-state index in [-0.39, 0.29) is 16.6 Å². The molecule has 0 saturated carbocycles. The third kappa shape index (κ3) is 3.33. The fraction of sp³-hybridized carbons (Fsp3) is 0.200. The number of benzene rings is 3. The highest BCUT2D eigenvalue weighted by molar-refractivity contribution is 9.10. The lowest BCUT2D eigenvalue weighted by molar-refractivity contribution is 0.353. The van der Waals surface area contributed by atoms with E-state index in [0.717, 1.165) is 21.2 Å². The van der Waals surface area contributed by atoms with Crippen LogP contribution in [0.2, 0.25) is 0 Å². The van der Waals surface area contributed by atoms with Crippen molar-refractivity contribution in [3.8, 4) is 23.0 Å². The van der Waals surface area contributed by atoms with Crippen LogP contribution in [0.3, 0.4) is 0 Å². The Balaban J connectivity index is 1.86. The van der Waals surface area contributed by atoms with Gasteiger partial charge in [-0.05, 0) is 41.5 Å². The Hall–Kier alpha value is -3.17. The third-order valence-electron chi connectivity index (χ3n) is 6.09. The lowest BCUT2D eigenvalue weighted by Crippen LogP contribution is -2.15. The molecule has 1 aliphatic heterocycles. The first-order valence-corrected chi connectivity index (χ1v) is 12.5. The second kappa shape index (κ2) is 8.25. The fourth-order valence-corrected chi connectivity index (χ4v) is 6.01. The van der Waals surface area contributed by atoms with Crippen molar-refractivity contribution >= 4 is 37.4 Å². The molecule has 2 aliphatic rings. The Kier molecular flexibility index (Phi) is 5.49. The van der Waals surface area contributed by atoms with Crippen LogP contribution in [0.15, 0.2) is 57.9 Å². The summed E-state index contributed by atoms with van der Waals surface area (Å²) < 4.78 is 55.0. The summed E-state index contributed by atoms with van der Waals surface area (Å²) in [7, 11) is 1.95. The van der Waals surface area contributed by atoms with Gasteiger partial charge in [0.05, 0.1) is 28.4 Å². The average Bonchev–Trinajstić information content (AvgIpc) is 3.15. The van der Waals surface area contributed by atoms with Crippen molar-refractivity contribution < 1.29 is 31.5 Å². The summed E-state index contributed by atoms with van der Waals surface area (Å²) in [5.41, 5.74) is 3.66. The maximum Gasteiger partial charge on any atom is 0.340 e. The van der Waals surface area contributed by atoms with Crippen molar-refractivity contribution in [2.75, 3.05) is 28.4 Å². The highest BCUT2D eigenvalue weighted by atomic mass is 79.9. The van der Waals surface area contributed by atoms with E-state index in [9.17, 15) is 8.42 Å². The number of rotatable bonds is 5. The highest BCUT2D eigenvalue weighted by Crippen LogP contribution is 2.57. The molecule has 1 heterocycles. The molecule has 0 saturated heterocycles. The van der Waals surface area contributed by atoms with Crippen LogP contribution in [0, 0.1) is 0 Å². The molecule has 1 aliphatic carbocycles. The minimum Gasteiger partial charge on any atom is -0.493 e. The van der Waals surface area contributed by atoms with Gasteiger partial charge in [-0.1, -0.05) is 28.1 Å². The summed E-state index contributed by atoms with van der Waals surface area (Å²) in [4.78, 5) is 0.0257. The van der Waals surface area contributed by atoms with Crippen molar-refractivity contribution in [3.63, 3.8) is 0 Å². The lowest BCUT2D eigenvalue weighted by Gasteiger charge is -2.25. The van der Waals surface area contributed by atoms with Gasteiger partial charge in [0.15, 0.2) is 28.8 Å². The van der Waals surface area contributed by atoms with Gasteiger partial charge >= 0.3 is 10.1 Å². The van der Waals surface area contributed by atoms with E-state index in [4.69, 9.17) is 23.1 Å². The van der Waals surface area contributed by atoms with Gasteiger partial charge in [-0.15, -0.1) is 0 Å². The van der Waals surface area contributed by atoms with Crippen molar-refractivity contribution in [3.05, 3.63) is 75.3 Å². The molecule has 34 heavy (non-hydrogen) atoms. The van der Waals surface area contributed by atoms with Gasteiger partial charge in [0.1, 0.15) is 4.90 Å². The Bertz CT molecular complexity index is 1440. The van der Waals surface area contributed by atoms with Crippen molar-refractivity contribution in [1.82, 2.24) is 0 Å². The number of hydrogen-bond acceptors (Lipinski definition) is 7. The first kappa shape index (κ1) is 22.6. The van der Waals surface area contributed by atoms with Gasteiger partial charge in [0.2, 0.25) is 0 Å². The summed E-state index contributed by atoms with van der Waals surface area (Å²) in [5, 5.41) is 0. The maximum atomic E-state index is 13.2. The Labute approximate surface area is 206 Å². The van der Waals surface area contributed by atoms with Crippen LogP contribution in [0.4, 0.5) is 0 Å². The molecule has 9 heteroatoms. The number of methoxy groups -OCH3 is 4. The molecular weight excluding hydrogens is 524 g/mol. The summed E-state index contributed by atoms with van der Waals surface area (Å²) in [6.07, 6.45) is 0. The largest absolute Gasteiger partial charge is 0.493 e. The predicted molar refractivity (Wildman–Crippen MR) is 130 cm³/mol.